The highest BCUT2D eigenvalue weighted by Crippen LogP contribution is 2.18. The van der Waals surface area contributed by atoms with Crippen LogP contribution in [0.4, 0.5) is 0 Å². The van der Waals surface area contributed by atoms with Gasteiger partial charge in [-0.3, -0.25) is 9.59 Å². The first-order valence-electron chi connectivity index (χ1n) is 9.20. The van der Waals surface area contributed by atoms with Crippen LogP contribution in [0.25, 0.3) is 0 Å². The number of nitrogens with two attached hydrogens (primary N) is 1. The molecule has 0 aromatic heterocycles. The van der Waals surface area contributed by atoms with Crippen molar-refractivity contribution >= 4 is 11.8 Å². The summed E-state index contributed by atoms with van der Waals surface area (Å²) >= 11 is 0. The zero-order valence-electron chi connectivity index (χ0n) is 15.2. The average Bonchev–Trinajstić information content (AvgIpc) is 3.02. The molecule has 0 aliphatic heterocycles. The predicted molar refractivity (Wildman–Crippen MR) is 101 cm³/mol. The average molecular weight is 359 g/mol. The summed E-state index contributed by atoms with van der Waals surface area (Å²) in [6, 6.07) is 9.13. The van der Waals surface area contributed by atoms with Crippen LogP contribution in [0, 0.1) is 0 Å². The molecule has 1 aliphatic rings. The standard InChI is InChI=1S/C20H29N3O3/c1-14(21)20(26)23-16(8-7-15-5-3-2-4-6-15)10-12-19(25)22-17-9-11-18(24)13-17/h2-6,10,12,14,16-18,24H,7-9,11,13,21H2,1H3,(H,22,25)(H,23,26)/t14-,16-,17+,18-/m0/s1. The Morgan fingerprint density at radius 3 is 2.65 bits per heavy atom. The highest BCUT2D eigenvalue weighted by molar-refractivity contribution is 5.88. The SMILES string of the molecule is C[C@H](N)C(=O)N[C@H](C=CC(=O)N[C@@H]1CC[C@H](O)C1)CCc1ccccc1. The molecule has 1 aromatic carbocycles. The van der Waals surface area contributed by atoms with Crippen molar-refractivity contribution in [1.82, 2.24) is 10.6 Å². The van der Waals surface area contributed by atoms with Crippen LogP contribution in [-0.4, -0.2) is 41.2 Å². The smallest absolute Gasteiger partial charge is 0.243 e. The van der Waals surface area contributed by atoms with Gasteiger partial charge in [-0.25, -0.2) is 0 Å². The monoisotopic (exact) mass is 359 g/mol. The van der Waals surface area contributed by atoms with E-state index >= 15 is 0 Å². The number of amides is 2. The van der Waals surface area contributed by atoms with Crippen LogP contribution in [0.2, 0.25) is 0 Å². The molecule has 1 fully saturated rings. The highest BCUT2D eigenvalue weighted by Gasteiger charge is 2.23. The first-order chi connectivity index (χ1) is 12.4. The van der Waals surface area contributed by atoms with Crippen molar-refractivity contribution in [2.24, 2.45) is 5.73 Å². The molecular formula is C20H29N3O3. The number of rotatable bonds is 8. The van der Waals surface area contributed by atoms with E-state index in [1.54, 1.807) is 13.0 Å². The number of aliphatic hydroxyl groups is 1. The molecule has 0 radical (unpaired) electrons. The van der Waals surface area contributed by atoms with E-state index in [0.29, 0.717) is 12.8 Å². The molecule has 5 N–H and O–H groups in total. The Balaban J connectivity index is 1.91. The van der Waals surface area contributed by atoms with E-state index < -0.39 is 6.04 Å². The van der Waals surface area contributed by atoms with Crippen LogP contribution in [0.1, 0.15) is 38.2 Å². The van der Waals surface area contributed by atoms with Gasteiger partial charge in [-0.2, -0.15) is 0 Å². The summed E-state index contributed by atoms with van der Waals surface area (Å²) in [6.07, 6.45) is 6.41. The van der Waals surface area contributed by atoms with Crippen molar-refractivity contribution in [2.75, 3.05) is 0 Å². The quantitative estimate of drug-likeness (QED) is 0.521. The van der Waals surface area contributed by atoms with Crippen LogP contribution >= 0.6 is 0 Å². The number of aliphatic hydroxyl groups excluding tert-OH is 1. The van der Waals surface area contributed by atoms with E-state index in [0.717, 1.165) is 19.3 Å². The van der Waals surface area contributed by atoms with Gasteiger partial charge in [-0.1, -0.05) is 36.4 Å². The van der Waals surface area contributed by atoms with Crippen molar-refractivity contribution < 1.29 is 14.7 Å². The summed E-state index contributed by atoms with van der Waals surface area (Å²) in [6.45, 7) is 1.63. The van der Waals surface area contributed by atoms with E-state index in [9.17, 15) is 14.7 Å². The molecule has 2 amide bonds. The van der Waals surface area contributed by atoms with Crippen molar-refractivity contribution in [3.05, 3.63) is 48.0 Å². The van der Waals surface area contributed by atoms with Gasteiger partial charge in [0.05, 0.1) is 12.1 Å². The molecule has 1 aliphatic carbocycles. The first-order valence-corrected chi connectivity index (χ1v) is 9.20. The maximum atomic E-state index is 12.1. The van der Waals surface area contributed by atoms with Crippen LogP contribution in [0.15, 0.2) is 42.5 Å². The summed E-state index contributed by atoms with van der Waals surface area (Å²) in [7, 11) is 0. The fourth-order valence-corrected chi connectivity index (χ4v) is 3.04. The molecule has 2 rings (SSSR count). The van der Waals surface area contributed by atoms with Gasteiger partial charge in [0.1, 0.15) is 0 Å². The van der Waals surface area contributed by atoms with Crippen LogP contribution in [-0.2, 0) is 16.0 Å². The Morgan fingerprint density at radius 1 is 1.31 bits per heavy atom. The minimum absolute atomic E-state index is 0.0172. The maximum absolute atomic E-state index is 12.1. The van der Waals surface area contributed by atoms with E-state index in [4.69, 9.17) is 5.73 Å². The largest absolute Gasteiger partial charge is 0.393 e. The van der Waals surface area contributed by atoms with Gasteiger partial charge >= 0.3 is 0 Å². The lowest BCUT2D eigenvalue weighted by Gasteiger charge is -2.17. The third kappa shape index (κ3) is 6.98. The summed E-state index contributed by atoms with van der Waals surface area (Å²) in [4.78, 5) is 24.0. The van der Waals surface area contributed by atoms with Gasteiger partial charge in [-0.05, 0) is 44.6 Å². The second-order valence-corrected chi connectivity index (χ2v) is 6.96. The molecule has 0 bridgehead atoms. The molecule has 6 heteroatoms. The highest BCUT2D eigenvalue weighted by atomic mass is 16.3. The zero-order chi connectivity index (χ0) is 18.9. The van der Waals surface area contributed by atoms with Gasteiger partial charge in [0.2, 0.25) is 11.8 Å². The summed E-state index contributed by atoms with van der Waals surface area (Å²) in [5.41, 5.74) is 6.80. The lowest BCUT2D eigenvalue weighted by Crippen LogP contribution is -2.43. The van der Waals surface area contributed by atoms with Crippen molar-refractivity contribution in [1.29, 1.82) is 0 Å². The molecule has 0 saturated heterocycles. The Bertz CT molecular complexity index is 616. The van der Waals surface area contributed by atoms with Crippen molar-refractivity contribution in [3.63, 3.8) is 0 Å². The summed E-state index contributed by atoms with van der Waals surface area (Å²) < 4.78 is 0. The predicted octanol–water partition coefficient (Wildman–Crippen LogP) is 1.04. The number of hydrogen-bond donors (Lipinski definition) is 4. The summed E-state index contributed by atoms with van der Waals surface area (Å²) in [5, 5.41) is 15.3. The second kappa shape index (κ2) is 10.1. The molecule has 0 unspecified atom stereocenters. The minimum atomic E-state index is -0.601. The van der Waals surface area contributed by atoms with Gasteiger partial charge < -0.3 is 21.5 Å². The Labute approximate surface area is 154 Å². The topological polar surface area (TPSA) is 104 Å². The fraction of sp³-hybridized carbons (Fsp3) is 0.500. The molecule has 26 heavy (non-hydrogen) atoms. The summed E-state index contributed by atoms with van der Waals surface area (Å²) in [5.74, 6) is -0.448. The molecule has 4 atom stereocenters. The molecule has 6 nitrogen and oxygen atoms in total. The van der Waals surface area contributed by atoms with E-state index in [-0.39, 0.29) is 30.0 Å². The molecule has 0 heterocycles. The van der Waals surface area contributed by atoms with Crippen LogP contribution in [0.3, 0.4) is 0 Å². The second-order valence-electron chi connectivity index (χ2n) is 6.96. The number of nitrogens with one attached hydrogen (secondary N) is 2. The van der Waals surface area contributed by atoms with Gasteiger partial charge in [0.25, 0.3) is 0 Å². The van der Waals surface area contributed by atoms with Crippen molar-refractivity contribution in [3.8, 4) is 0 Å². The van der Waals surface area contributed by atoms with E-state index in [1.807, 2.05) is 30.3 Å². The van der Waals surface area contributed by atoms with Gasteiger partial charge in [-0.15, -0.1) is 0 Å². The lowest BCUT2D eigenvalue weighted by atomic mass is 10.0. The third-order valence-corrected chi connectivity index (χ3v) is 4.56. The van der Waals surface area contributed by atoms with Crippen molar-refractivity contribution in [2.45, 2.75) is 63.3 Å². The van der Waals surface area contributed by atoms with Gasteiger partial charge in [0, 0.05) is 18.2 Å². The molecule has 1 aromatic rings. The molecule has 0 spiro atoms. The number of carbonyl (C=O) groups excluding carboxylic acids is 2. The van der Waals surface area contributed by atoms with Gasteiger partial charge in [0.15, 0.2) is 0 Å². The Morgan fingerprint density at radius 2 is 2.04 bits per heavy atom. The Kier molecular flexibility index (Phi) is 7.81. The maximum Gasteiger partial charge on any atom is 0.243 e. The molecule has 1 saturated carbocycles. The van der Waals surface area contributed by atoms with Crippen LogP contribution < -0.4 is 16.4 Å². The molecule has 142 valence electrons. The van der Waals surface area contributed by atoms with E-state index in [1.165, 1.54) is 11.6 Å². The number of carbonyl (C=O) groups is 2. The fourth-order valence-electron chi connectivity index (χ4n) is 3.04. The first kappa shape index (κ1) is 20.1. The number of hydrogen-bond acceptors (Lipinski definition) is 4. The minimum Gasteiger partial charge on any atom is -0.393 e. The molecular weight excluding hydrogens is 330 g/mol. The number of aryl methyl sites for hydroxylation is 1. The number of benzene rings is 1. The Hall–Kier alpha value is -2.18. The van der Waals surface area contributed by atoms with Crippen LogP contribution in [0.5, 0.6) is 0 Å². The third-order valence-electron chi connectivity index (χ3n) is 4.56. The van der Waals surface area contributed by atoms with E-state index in [2.05, 4.69) is 10.6 Å². The lowest BCUT2D eigenvalue weighted by molar-refractivity contribution is -0.122. The normalized spacial score (nSPS) is 22.1. The zero-order valence-corrected chi connectivity index (χ0v) is 15.2.